The monoisotopic (exact) mass is 206 g/mol. The Labute approximate surface area is 78.5 Å². The largest absolute Gasteiger partial charge is 0.419 e. The van der Waals surface area contributed by atoms with Gasteiger partial charge in [0.2, 0.25) is 0 Å². The lowest BCUT2D eigenvalue weighted by molar-refractivity contribution is -0.137. The molecule has 1 unspecified atom stereocenters. The molecule has 3 nitrogen and oxygen atoms in total. The molecule has 78 valence electrons. The molecule has 1 aromatic heterocycles. The van der Waals surface area contributed by atoms with Gasteiger partial charge in [0.05, 0.1) is 24.4 Å². The lowest BCUT2D eigenvalue weighted by Crippen LogP contribution is -2.09. The van der Waals surface area contributed by atoms with Crippen LogP contribution < -0.4 is 0 Å². The summed E-state index contributed by atoms with van der Waals surface area (Å²) in [6.07, 6.45) is -1.71. The van der Waals surface area contributed by atoms with Crippen molar-refractivity contribution in [1.29, 1.82) is 0 Å². The molecule has 0 amide bonds. The zero-order chi connectivity index (χ0) is 10.2. The van der Waals surface area contributed by atoms with Gasteiger partial charge in [-0.15, -0.1) is 0 Å². The average Bonchev–Trinajstić information content (AvgIpc) is 2.73. The maximum Gasteiger partial charge on any atom is 0.419 e. The van der Waals surface area contributed by atoms with Gasteiger partial charge in [0.15, 0.2) is 0 Å². The fourth-order valence-corrected chi connectivity index (χ4v) is 1.41. The normalized spacial score (nSPS) is 22.9. The molecule has 1 aliphatic heterocycles. The van der Waals surface area contributed by atoms with E-state index in [9.17, 15) is 13.2 Å². The van der Waals surface area contributed by atoms with Crippen LogP contribution in [0.15, 0.2) is 12.4 Å². The highest BCUT2D eigenvalue weighted by Gasteiger charge is 2.33. The molecule has 1 aromatic rings. The van der Waals surface area contributed by atoms with Crippen molar-refractivity contribution in [3.8, 4) is 0 Å². The predicted molar refractivity (Wildman–Crippen MR) is 41.7 cm³/mol. The first-order valence-electron chi connectivity index (χ1n) is 4.26. The number of nitrogens with zero attached hydrogens (tertiary/aromatic N) is 2. The number of hydrogen-bond acceptors (Lipinski definition) is 2. The number of hydrogen-bond donors (Lipinski definition) is 0. The van der Waals surface area contributed by atoms with Crippen LogP contribution in [0.3, 0.4) is 0 Å². The zero-order valence-corrected chi connectivity index (χ0v) is 7.29. The summed E-state index contributed by atoms with van der Waals surface area (Å²) in [5, 5.41) is 3.68. The van der Waals surface area contributed by atoms with Crippen molar-refractivity contribution in [3.05, 3.63) is 18.0 Å². The minimum Gasteiger partial charge on any atom is -0.379 e. The van der Waals surface area contributed by atoms with Gasteiger partial charge < -0.3 is 4.74 Å². The summed E-state index contributed by atoms with van der Waals surface area (Å²) >= 11 is 0. The van der Waals surface area contributed by atoms with Crippen LogP contribution in [0.5, 0.6) is 0 Å². The Balaban J connectivity index is 2.17. The molecule has 1 saturated heterocycles. The SMILES string of the molecule is FC(F)(F)c1cnn(C2CCOC2)c1. The highest BCUT2D eigenvalue weighted by atomic mass is 19.4. The van der Waals surface area contributed by atoms with Crippen molar-refractivity contribution in [2.24, 2.45) is 0 Å². The van der Waals surface area contributed by atoms with Gasteiger partial charge in [-0.25, -0.2) is 0 Å². The quantitative estimate of drug-likeness (QED) is 0.701. The molecule has 1 fully saturated rings. The molecule has 0 aromatic carbocycles. The summed E-state index contributed by atoms with van der Waals surface area (Å²) in [5.41, 5.74) is -0.704. The van der Waals surface area contributed by atoms with Crippen LogP contribution in [-0.2, 0) is 10.9 Å². The second-order valence-electron chi connectivity index (χ2n) is 3.22. The Morgan fingerprint density at radius 1 is 1.50 bits per heavy atom. The molecule has 2 heterocycles. The van der Waals surface area contributed by atoms with Crippen molar-refractivity contribution >= 4 is 0 Å². The Bertz CT molecular complexity index is 315. The average molecular weight is 206 g/mol. The second-order valence-corrected chi connectivity index (χ2v) is 3.22. The first kappa shape index (κ1) is 9.51. The van der Waals surface area contributed by atoms with Gasteiger partial charge in [-0.05, 0) is 6.42 Å². The van der Waals surface area contributed by atoms with Crippen molar-refractivity contribution < 1.29 is 17.9 Å². The Hall–Kier alpha value is -1.04. The van der Waals surface area contributed by atoms with Crippen LogP contribution in [0.1, 0.15) is 18.0 Å². The lowest BCUT2D eigenvalue weighted by atomic mass is 10.3. The van der Waals surface area contributed by atoms with E-state index in [0.29, 0.717) is 13.2 Å². The minimum atomic E-state index is -4.31. The molecule has 1 aliphatic rings. The van der Waals surface area contributed by atoms with E-state index in [-0.39, 0.29) is 6.04 Å². The van der Waals surface area contributed by atoms with E-state index in [1.165, 1.54) is 4.68 Å². The lowest BCUT2D eigenvalue weighted by Gasteiger charge is -2.07. The highest BCUT2D eigenvalue weighted by Crippen LogP contribution is 2.30. The summed E-state index contributed by atoms with van der Waals surface area (Å²) in [5.74, 6) is 0. The number of halogens is 3. The van der Waals surface area contributed by atoms with Gasteiger partial charge in [0.1, 0.15) is 0 Å². The van der Waals surface area contributed by atoms with Gasteiger partial charge in [-0.3, -0.25) is 4.68 Å². The molecule has 0 aliphatic carbocycles. The van der Waals surface area contributed by atoms with Crippen molar-refractivity contribution in [2.75, 3.05) is 13.2 Å². The summed E-state index contributed by atoms with van der Waals surface area (Å²) < 4.78 is 43.0. The fraction of sp³-hybridized carbons (Fsp3) is 0.625. The van der Waals surface area contributed by atoms with E-state index < -0.39 is 11.7 Å². The van der Waals surface area contributed by atoms with E-state index in [2.05, 4.69) is 5.10 Å². The first-order valence-corrected chi connectivity index (χ1v) is 4.26. The molecule has 0 saturated carbocycles. The van der Waals surface area contributed by atoms with Gasteiger partial charge in [0, 0.05) is 12.8 Å². The number of aromatic nitrogens is 2. The maximum atomic E-state index is 12.2. The third-order valence-corrected chi connectivity index (χ3v) is 2.21. The van der Waals surface area contributed by atoms with Gasteiger partial charge in [-0.1, -0.05) is 0 Å². The zero-order valence-electron chi connectivity index (χ0n) is 7.29. The van der Waals surface area contributed by atoms with Crippen LogP contribution >= 0.6 is 0 Å². The van der Waals surface area contributed by atoms with E-state index in [1.807, 2.05) is 0 Å². The summed E-state index contributed by atoms with van der Waals surface area (Å²) in [6.45, 7) is 1.03. The van der Waals surface area contributed by atoms with Crippen LogP contribution in [-0.4, -0.2) is 23.0 Å². The second kappa shape index (κ2) is 3.27. The third-order valence-electron chi connectivity index (χ3n) is 2.21. The molecule has 0 spiro atoms. The van der Waals surface area contributed by atoms with Gasteiger partial charge in [0.25, 0.3) is 0 Å². The smallest absolute Gasteiger partial charge is 0.379 e. The van der Waals surface area contributed by atoms with Crippen molar-refractivity contribution in [1.82, 2.24) is 9.78 Å². The van der Waals surface area contributed by atoms with E-state index in [1.54, 1.807) is 0 Å². The molecule has 2 rings (SSSR count). The Morgan fingerprint density at radius 3 is 2.79 bits per heavy atom. The maximum absolute atomic E-state index is 12.2. The van der Waals surface area contributed by atoms with E-state index in [4.69, 9.17) is 4.74 Å². The summed E-state index contributed by atoms with van der Waals surface area (Å²) in [7, 11) is 0. The molecular weight excluding hydrogens is 197 g/mol. The summed E-state index contributed by atoms with van der Waals surface area (Å²) in [6, 6.07) is -0.0499. The number of ether oxygens (including phenoxy) is 1. The van der Waals surface area contributed by atoms with Crippen LogP contribution in [0.25, 0.3) is 0 Å². The number of alkyl halides is 3. The predicted octanol–water partition coefficient (Wildman–Crippen LogP) is 1.86. The summed E-state index contributed by atoms with van der Waals surface area (Å²) in [4.78, 5) is 0. The van der Waals surface area contributed by atoms with Gasteiger partial charge >= 0.3 is 6.18 Å². The minimum absolute atomic E-state index is 0.0499. The standard InChI is InChI=1S/C8H9F3N2O/c9-8(10,11)6-3-12-13(4-6)7-1-2-14-5-7/h3-4,7H,1-2,5H2. The Kier molecular flexibility index (Phi) is 2.22. The molecule has 0 radical (unpaired) electrons. The molecular formula is C8H9F3N2O. The van der Waals surface area contributed by atoms with E-state index >= 15 is 0 Å². The van der Waals surface area contributed by atoms with E-state index in [0.717, 1.165) is 18.8 Å². The molecule has 1 atom stereocenters. The Morgan fingerprint density at radius 2 is 2.29 bits per heavy atom. The topological polar surface area (TPSA) is 27.1 Å². The fourth-order valence-electron chi connectivity index (χ4n) is 1.41. The van der Waals surface area contributed by atoms with Crippen molar-refractivity contribution in [2.45, 2.75) is 18.6 Å². The van der Waals surface area contributed by atoms with Crippen molar-refractivity contribution in [3.63, 3.8) is 0 Å². The molecule has 0 bridgehead atoms. The molecule has 14 heavy (non-hydrogen) atoms. The van der Waals surface area contributed by atoms with Crippen LogP contribution in [0.2, 0.25) is 0 Å². The molecule has 0 N–H and O–H groups in total. The first-order chi connectivity index (χ1) is 6.57. The third kappa shape index (κ3) is 1.75. The number of rotatable bonds is 1. The van der Waals surface area contributed by atoms with Crippen LogP contribution in [0, 0.1) is 0 Å². The van der Waals surface area contributed by atoms with Crippen LogP contribution in [0.4, 0.5) is 13.2 Å². The highest BCUT2D eigenvalue weighted by molar-refractivity contribution is 5.09. The van der Waals surface area contributed by atoms with Gasteiger partial charge in [-0.2, -0.15) is 18.3 Å². The molecule has 6 heteroatoms.